The Bertz CT molecular complexity index is 409. The van der Waals surface area contributed by atoms with E-state index >= 15 is 0 Å². The summed E-state index contributed by atoms with van der Waals surface area (Å²) in [6.45, 7) is 7.91. The molecule has 19 heavy (non-hydrogen) atoms. The quantitative estimate of drug-likeness (QED) is 0.853. The highest BCUT2D eigenvalue weighted by Gasteiger charge is 2.25. The Morgan fingerprint density at radius 3 is 2.37 bits per heavy atom. The van der Waals surface area contributed by atoms with Gasteiger partial charge in [0.1, 0.15) is 0 Å². The van der Waals surface area contributed by atoms with Crippen LogP contribution in [-0.4, -0.2) is 38.0 Å². The smallest absolute Gasteiger partial charge is 0.223 e. The van der Waals surface area contributed by atoms with Crippen molar-refractivity contribution in [1.82, 2.24) is 10.2 Å². The van der Waals surface area contributed by atoms with E-state index in [0.29, 0.717) is 6.42 Å². The summed E-state index contributed by atoms with van der Waals surface area (Å²) in [6.07, 6.45) is 0.538. The van der Waals surface area contributed by atoms with Crippen LogP contribution in [0.15, 0.2) is 24.3 Å². The summed E-state index contributed by atoms with van der Waals surface area (Å²) in [6, 6.07) is 8.45. The monoisotopic (exact) mass is 262 g/mol. The van der Waals surface area contributed by atoms with Gasteiger partial charge in [-0.2, -0.15) is 0 Å². The fourth-order valence-electron chi connectivity index (χ4n) is 2.02. The fraction of sp³-hybridized carbons (Fsp3) is 0.562. The molecule has 1 aromatic rings. The van der Waals surface area contributed by atoms with Crippen molar-refractivity contribution < 1.29 is 4.79 Å². The Balaban J connectivity index is 2.68. The maximum absolute atomic E-state index is 12.2. The number of hydrogen-bond donors (Lipinski definition) is 1. The van der Waals surface area contributed by atoms with Gasteiger partial charge in [-0.3, -0.25) is 4.79 Å². The van der Waals surface area contributed by atoms with Gasteiger partial charge >= 0.3 is 0 Å². The number of rotatable bonds is 6. The Labute approximate surface area is 117 Å². The van der Waals surface area contributed by atoms with Gasteiger partial charge in [0.05, 0.1) is 0 Å². The first kappa shape index (κ1) is 15.7. The van der Waals surface area contributed by atoms with Crippen LogP contribution in [0.4, 0.5) is 0 Å². The lowest BCUT2D eigenvalue weighted by Crippen LogP contribution is -2.36. The Morgan fingerprint density at radius 1 is 1.26 bits per heavy atom. The van der Waals surface area contributed by atoms with Crippen LogP contribution >= 0.6 is 0 Å². The Morgan fingerprint density at radius 2 is 1.84 bits per heavy atom. The first-order valence-corrected chi connectivity index (χ1v) is 6.82. The van der Waals surface area contributed by atoms with Gasteiger partial charge in [-0.15, -0.1) is 0 Å². The van der Waals surface area contributed by atoms with Crippen molar-refractivity contribution in [3.8, 4) is 0 Å². The lowest BCUT2D eigenvalue weighted by atomic mass is 9.81. The first-order valence-electron chi connectivity index (χ1n) is 6.82. The van der Waals surface area contributed by atoms with Crippen LogP contribution in [0.5, 0.6) is 0 Å². The standard InChI is InChI=1S/C16H26N2O/c1-13-6-8-14(9-7-13)16(2,3)12-15(19)18(5)11-10-17-4/h6-9,17H,10-12H2,1-5H3. The highest BCUT2D eigenvalue weighted by Crippen LogP contribution is 2.27. The van der Waals surface area contributed by atoms with E-state index in [0.717, 1.165) is 13.1 Å². The van der Waals surface area contributed by atoms with Crippen molar-refractivity contribution in [3.05, 3.63) is 35.4 Å². The van der Waals surface area contributed by atoms with E-state index in [1.807, 2.05) is 14.1 Å². The minimum atomic E-state index is -0.126. The number of amides is 1. The summed E-state index contributed by atoms with van der Waals surface area (Å²) in [5, 5.41) is 3.06. The molecule has 0 bridgehead atoms. The molecule has 1 amide bonds. The minimum absolute atomic E-state index is 0.126. The average molecular weight is 262 g/mol. The van der Waals surface area contributed by atoms with Gasteiger partial charge in [0.15, 0.2) is 0 Å². The van der Waals surface area contributed by atoms with Crippen LogP contribution in [0.3, 0.4) is 0 Å². The van der Waals surface area contributed by atoms with E-state index < -0.39 is 0 Å². The third kappa shape index (κ3) is 4.67. The molecule has 3 nitrogen and oxygen atoms in total. The molecular formula is C16H26N2O. The summed E-state index contributed by atoms with van der Waals surface area (Å²) in [5.74, 6) is 0.195. The molecule has 0 aromatic heterocycles. The second kappa shape index (κ2) is 6.71. The molecule has 0 aliphatic carbocycles. The number of aryl methyl sites for hydroxylation is 1. The van der Waals surface area contributed by atoms with Gasteiger partial charge < -0.3 is 10.2 Å². The molecule has 0 atom stereocenters. The topological polar surface area (TPSA) is 32.3 Å². The van der Waals surface area contributed by atoms with Gasteiger partial charge in [-0.05, 0) is 24.9 Å². The maximum Gasteiger partial charge on any atom is 0.223 e. The average Bonchev–Trinajstić information content (AvgIpc) is 2.35. The minimum Gasteiger partial charge on any atom is -0.344 e. The molecule has 1 N–H and O–H groups in total. The summed E-state index contributed by atoms with van der Waals surface area (Å²) in [7, 11) is 3.76. The summed E-state index contributed by atoms with van der Waals surface area (Å²) in [4.78, 5) is 14.0. The number of likely N-dealkylation sites (N-methyl/N-ethyl adjacent to an activating group) is 2. The molecule has 1 rings (SSSR count). The van der Waals surface area contributed by atoms with Crippen molar-refractivity contribution in [1.29, 1.82) is 0 Å². The van der Waals surface area contributed by atoms with Crippen LogP contribution in [0.25, 0.3) is 0 Å². The fourth-order valence-corrected chi connectivity index (χ4v) is 2.02. The third-order valence-corrected chi connectivity index (χ3v) is 3.55. The van der Waals surface area contributed by atoms with Gasteiger partial charge in [-0.1, -0.05) is 43.7 Å². The molecule has 0 radical (unpaired) electrons. The highest BCUT2D eigenvalue weighted by atomic mass is 16.2. The lowest BCUT2D eigenvalue weighted by molar-refractivity contribution is -0.130. The van der Waals surface area contributed by atoms with Crippen molar-refractivity contribution in [2.24, 2.45) is 0 Å². The first-order chi connectivity index (χ1) is 8.86. The molecule has 3 heteroatoms. The van der Waals surface area contributed by atoms with E-state index in [4.69, 9.17) is 0 Å². The molecule has 0 saturated heterocycles. The molecule has 106 valence electrons. The molecular weight excluding hydrogens is 236 g/mol. The predicted molar refractivity (Wildman–Crippen MR) is 80.4 cm³/mol. The lowest BCUT2D eigenvalue weighted by Gasteiger charge is -2.27. The molecule has 0 aliphatic rings. The van der Waals surface area contributed by atoms with E-state index in [1.165, 1.54) is 11.1 Å². The van der Waals surface area contributed by atoms with Gasteiger partial charge in [0.2, 0.25) is 5.91 Å². The maximum atomic E-state index is 12.2. The van der Waals surface area contributed by atoms with Crippen LogP contribution in [0, 0.1) is 6.92 Å². The third-order valence-electron chi connectivity index (χ3n) is 3.55. The number of carbonyl (C=O) groups is 1. The van der Waals surface area contributed by atoms with E-state index in [9.17, 15) is 4.79 Å². The van der Waals surface area contributed by atoms with E-state index in [-0.39, 0.29) is 11.3 Å². The molecule has 0 fully saturated rings. The van der Waals surface area contributed by atoms with Crippen LogP contribution in [0.2, 0.25) is 0 Å². The largest absolute Gasteiger partial charge is 0.344 e. The SMILES string of the molecule is CNCCN(C)C(=O)CC(C)(C)c1ccc(C)cc1. The molecule has 0 aliphatic heterocycles. The second-order valence-corrected chi connectivity index (χ2v) is 5.85. The van der Waals surface area contributed by atoms with Gasteiger partial charge in [0.25, 0.3) is 0 Å². The number of benzene rings is 1. The number of nitrogens with zero attached hydrogens (tertiary/aromatic N) is 1. The molecule has 0 spiro atoms. The van der Waals surface area contributed by atoms with E-state index in [1.54, 1.807) is 4.90 Å². The highest BCUT2D eigenvalue weighted by molar-refractivity contribution is 5.77. The molecule has 0 heterocycles. The second-order valence-electron chi connectivity index (χ2n) is 5.85. The molecule has 0 unspecified atom stereocenters. The van der Waals surface area contributed by atoms with Crippen molar-refractivity contribution in [2.75, 3.05) is 27.2 Å². The number of nitrogens with one attached hydrogen (secondary N) is 1. The van der Waals surface area contributed by atoms with Crippen molar-refractivity contribution >= 4 is 5.91 Å². The van der Waals surface area contributed by atoms with Gasteiger partial charge in [0, 0.05) is 26.6 Å². The normalized spacial score (nSPS) is 11.4. The molecule has 1 aromatic carbocycles. The zero-order valence-electron chi connectivity index (χ0n) is 12.8. The number of hydrogen-bond acceptors (Lipinski definition) is 2. The molecule has 0 saturated carbocycles. The number of carbonyl (C=O) groups excluding carboxylic acids is 1. The van der Waals surface area contributed by atoms with Crippen molar-refractivity contribution in [2.45, 2.75) is 32.6 Å². The summed E-state index contributed by atoms with van der Waals surface area (Å²) < 4.78 is 0. The van der Waals surface area contributed by atoms with Crippen LogP contribution < -0.4 is 5.32 Å². The predicted octanol–water partition coefficient (Wildman–Crippen LogP) is 2.34. The zero-order valence-corrected chi connectivity index (χ0v) is 12.8. The van der Waals surface area contributed by atoms with Crippen LogP contribution in [0.1, 0.15) is 31.4 Å². The van der Waals surface area contributed by atoms with Crippen molar-refractivity contribution in [3.63, 3.8) is 0 Å². The summed E-state index contributed by atoms with van der Waals surface area (Å²) >= 11 is 0. The zero-order chi connectivity index (χ0) is 14.5. The Hall–Kier alpha value is -1.35. The Kier molecular flexibility index (Phi) is 5.55. The van der Waals surface area contributed by atoms with Crippen LogP contribution in [-0.2, 0) is 10.2 Å². The summed E-state index contributed by atoms with van der Waals surface area (Å²) in [5.41, 5.74) is 2.34. The van der Waals surface area contributed by atoms with E-state index in [2.05, 4.69) is 50.4 Å². The van der Waals surface area contributed by atoms with Gasteiger partial charge in [-0.25, -0.2) is 0 Å².